The van der Waals surface area contributed by atoms with Crippen molar-refractivity contribution in [3.05, 3.63) is 33.5 Å². The maximum absolute atomic E-state index is 12.5. The molecule has 1 N–H and O–H groups in total. The molecule has 118 valence electrons. The van der Waals surface area contributed by atoms with Crippen LogP contribution < -0.4 is 5.32 Å². The first-order valence-corrected chi connectivity index (χ1v) is 7.63. The summed E-state index contributed by atoms with van der Waals surface area (Å²) >= 11 is 1.18. The van der Waals surface area contributed by atoms with Gasteiger partial charge in [-0.3, -0.25) is 4.79 Å². The lowest BCUT2D eigenvalue weighted by atomic mass is 10.0. The summed E-state index contributed by atoms with van der Waals surface area (Å²) in [6.45, 7) is 7.38. The van der Waals surface area contributed by atoms with Crippen molar-refractivity contribution in [3.8, 4) is 0 Å². The summed E-state index contributed by atoms with van der Waals surface area (Å²) in [6, 6.07) is 1.74. The van der Waals surface area contributed by atoms with Crippen molar-refractivity contribution in [1.29, 1.82) is 0 Å². The van der Waals surface area contributed by atoms with Crippen LogP contribution in [0.1, 0.15) is 56.8 Å². The fourth-order valence-electron chi connectivity index (χ4n) is 2.07. The van der Waals surface area contributed by atoms with Crippen molar-refractivity contribution in [3.63, 3.8) is 0 Å². The Labute approximate surface area is 132 Å². The van der Waals surface area contributed by atoms with E-state index in [-0.39, 0.29) is 11.8 Å². The molecule has 0 aliphatic heterocycles. The SMILES string of the molecule is COC(=O)c1sc(NC(=O)c2c(C)noc2C(C)C)cc1C. The number of esters is 1. The Hall–Kier alpha value is -2.15. The molecule has 0 aliphatic carbocycles. The molecular weight excluding hydrogens is 304 g/mol. The minimum atomic E-state index is -0.410. The molecule has 0 radical (unpaired) electrons. The molecule has 0 fully saturated rings. The Morgan fingerprint density at radius 3 is 2.64 bits per heavy atom. The van der Waals surface area contributed by atoms with Gasteiger partial charge in [0.15, 0.2) is 5.76 Å². The Bertz CT molecular complexity index is 715. The van der Waals surface area contributed by atoms with Gasteiger partial charge in [-0.15, -0.1) is 11.3 Å². The van der Waals surface area contributed by atoms with Crippen molar-refractivity contribution in [1.82, 2.24) is 5.16 Å². The minimum absolute atomic E-state index is 0.0534. The number of hydrogen-bond acceptors (Lipinski definition) is 6. The third-order valence-electron chi connectivity index (χ3n) is 3.17. The van der Waals surface area contributed by atoms with E-state index in [0.717, 1.165) is 5.56 Å². The zero-order valence-electron chi connectivity index (χ0n) is 13.1. The van der Waals surface area contributed by atoms with Crippen LogP contribution in [0, 0.1) is 13.8 Å². The smallest absolute Gasteiger partial charge is 0.348 e. The Balaban J connectivity index is 2.27. The van der Waals surface area contributed by atoms with E-state index in [1.54, 1.807) is 19.9 Å². The summed E-state index contributed by atoms with van der Waals surface area (Å²) in [5, 5.41) is 7.23. The van der Waals surface area contributed by atoms with Gasteiger partial charge in [-0.25, -0.2) is 4.79 Å². The first kappa shape index (κ1) is 16.2. The fourth-order valence-corrected chi connectivity index (χ4v) is 3.06. The van der Waals surface area contributed by atoms with Crippen molar-refractivity contribution in [2.24, 2.45) is 0 Å². The van der Waals surface area contributed by atoms with E-state index in [0.29, 0.717) is 26.9 Å². The van der Waals surface area contributed by atoms with Crippen LogP contribution in [0.2, 0.25) is 0 Å². The summed E-state index contributed by atoms with van der Waals surface area (Å²) in [5.41, 5.74) is 1.75. The highest BCUT2D eigenvalue weighted by Gasteiger charge is 2.23. The monoisotopic (exact) mass is 322 g/mol. The van der Waals surface area contributed by atoms with Crippen molar-refractivity contribution in [2.45, 2.75) is 33.6 Å². The molecule has 22 heavy (non-hydrogen) atoms. The van der Waals surface area contributed by atoms with Crippen LogP contribution in [0.4, 0.5) is 5.00 Å². The largest absolute Gasteiger partial charge is 0.465 e. The number of hydrogen-bond donors (Lipinski definition) is 1. The average molecular weight is 322 g/mol. The molecule has 0 bridgehead atoms. The van der Waals surface area contributed by atoms with Gasteiger partial charge in [-0.2, -0.15) is 0 Å². The third-order valence-corrected chi connectivity index (χ3v) is 4.30. The number of nitrogens with zero attached hydrogens (tertiary/aromatic N) is 1. The summed E-state index contributed by atoms with van der Waals surface area (Å²) in [7, 11) is 1.33. The molecule has 0 unspecified atom stereocenters. The molecule has 0 saturated heterocycles. The van der Waals surface area contributed by atoms with Crippen LogP contribution >= 0.6 is 11.3 Å². The molecule has 0 saturated carbocycles. The Morgan fingerprint density at radius 2 is 2.05 bits per heavy atom. The third kappa shape index (κ3) is 3.04. The van der Waals surface area contributed by atoms with Gasteiger partial charge in [0.1, 0.15) is 10.4 Å². The number of aromatic nitrogens is 1. The first-order valence-electron chi connectivity index (χ1n) is 6.81. The Kier molecular flexibility index (Phi) is 4.65. The average Bonchev–Trinajstić information content (AvgIpc) is 3.01. The summed E-state index contributed by atoms with van der Waals surface area (Å²) in [4.78, 5) is 24.5. The van der Waals surface area contributed by atoms with E-state index >= 15 is 0 Å². The second-order valence-electron chi connectivity index (χ2n) is 5.23. The summed E-state index contributed by atoms with van der Waals surface area (Å²) in [6.07, 6.45) is 0. The van der Waals surface area contributed by atoms with E-state index < -0.39 is 5.97 Å². The molecular formula is C15H18N2O4S. The molecule has 6 nitrogen and oxygen atoms in total. The lowest BCUT2D eigenvalue weighted by Crippen LogP contribution is -2.14. The molecule has 0 aliphatic rings. The number of rotatable bonds is 4. The van der Waals surface area contributed by atoms with Crippen LogP contribution in [0.25, 0.3) is 0 Å². The highest BCUT2D eigenvalue weighted by atomic mass is 32.1. The number of carbonyl (C=O) groups excluding carboxylic acids is 2. The molecule has 2 aromatic heterocycles. The van der Waals surface area contributed by atoms with E-state index in [2.05, 4.69) is 10.5 Å². The van der Waals surface area contributed by atoms with E-state index in [9.17, 15) is 9.59 Å². The van der Waals surface area contributed by atoms with Crippen LogP contribution in [-0.2, 0) is 4.74 Å². The first-order chi connectivity index (χ1) is 10.3. The van der Waals surface area contributed by atoms with Gasteiger partial charge in [-0.05, 0) is 25.5 Å². The zero-order valence-corrected chi connectivity index (χ0v) is 14.0. The highest BCUT2D eigenvalue weighted by molar-refractivity contribution is 7.18. The van der Waals surface area contributed by atoms with Gasteiger partial charge in [0.2, 0.25) is 0 Å². The van der Waals surface area contributed by atoms with Crippen LogP contribution in [0.5, 0.6) is 0 Å². The topological polar surface area (TPSA) is 81.4 Å². The van der Waals surface area contributed by atoms with Gasteiger partial charge in [0.05, 0.1) is 17.8 Å². The fraction of sp³-hybridized carbons (Fsp3) is 0.400. The van der Waals surface area contributed by atoms with E-state index in [4.69, 9.17) is 9.26 Å². The van der Waals surface area contributed by atoms with E-state index in [1.165, 1.54) is 18.4 Å². The number of nitrogens with one attached hydrogen (secondary N) is 1. The molecule has 2 heterocycles. The number of ether oxygens (including phenoxy) is 1. The zero-order chi connectivity index (χ0) is 16.4. The van der Waals surface area contributed by atoms with Crippen LogP contribution in [0.15, 0.2) is 10.6 Å². The quantitative estimate of drug-likeness (QED) is 0.871. The van der Waals surface area contributed by atoms with Gasteiger partial charge in [0.25, 0.3) is 5.91 Å². The maximum atomic E-state index is 12.5. The molecule has 2 aromatic rings. The molecule has 1 amide bonds. The predicted molar refractivity (Wildman–Crippen MR) is 83.7 cm³/mol. The van der Waals surface area contributed by atoms with Crippen LogP contribution in [0.3, 0.4) is 0 Å². The van der Waals surface area contributed by atoms with Gasteiger partial charge >= 0.3 is 5.97 Å². The van der Waals surface area contributed by atoms with Gasteiger partial charge in [0, 0.05) is 5.92 Å². The molecule has 0 atom stereocenters. The number of methoxy groups -OCH3 is 1. The lowest BCUT2D eigenvalue weighted by Gasteiger charge is -2.05. The number of carbonyl (C=O) groups is 2. The summed E-state index contributed by atoms with van der Waals surface area (Å²) in [5.74, 6) is -0.0961. The standard InChI is InChI=1S/C15H18N2O4S/c1-7(2)12-11(9(4)17-21-12)14(18)16-10-6-8(3)13(22-10)15(19)20-5/h6-7H,1-5H3,(H,16,18). The number of anilines is 1. The number of amides is 1. The summed E-state index contributed by atoms with van der Waals surface area (Å²) < 4.78 is 9.93. The molecule has 0 spiro atoms. The molecule has 7 heteroatoms. The highest BCUT2D eigenvalue weighted by Crippen LogP contribution is 2.29. The molecule has 2 rings (SSSR count). The number of aryl methyl sites for hydroxylation is 2. The second-order valence-corrected chi connectivity index (χ2v) is 6.28. The van der Waals surface area contributed by atoms with Gasteiger partial charge < -0.3 is 14.6 Å². The number of thiophene rings is 1. The minimum Gasteiger partial charge on any atom is -0.465 e. The normalized spacial score (nSPS) is 10.8. The van der Waals surface area contributed by atoms with Crippen molar-refractivity contribution in [2.75, 3.05) is 12.4 Å². The molecule has 0 aromatic carbocycles. The maximum Gasteiger partial charge on any atom is 0.348 e. The lowest BCUT2D eigenvalue weighted by molar-refractivity contribution is 0.0605. The van der Waals surface area contributed by atoms with E-state index in [1.807, 2.05) is 13.8 Å². The van der Waals surface area contributed by atoms with Crippen molar-refractivity contribution >= 4 is 28.2 Å². The van der Waals surface area contributed by atoms with Crippen LogP contribution in [-0.4, -0.2) is 24.1 Å². The Morgan fingerprint density at radius 1 is 1.36 bits per heavy atom. The predicted octanol–water partition coefficient (Wildman–Crippen LogP) is 3.52. The second kappa shape index (κ2) is 6.31. The van der Waals surface area contributed by atoms with Gasteiger partial charge in [-0.1, -0.05) is 19.0 Å². The van der Waals surface area contributed by atoms with Crippen molar-refractivity contribution < 1.29 is 18.8 Å².